The molecule has 2 fully saturated rings. The average Bonchev–Trinajstić information content (AvgIpc) is 3.01. The monoisotopic (exact) mass is 553 g/mol. The summed E-state index contributed by atoms with van der Waals surface area (Å²) in [6, 6.07) is 8.24. The second-order valence-electron chi connectivity index (χ2n) is 9.63. The molecule has 1 aromatic carbocycles. The van der Waals surface area contributed by atoms with Gasteiger partial charge in [-0.2, -0.15) is 5.09 Å². The van der Waals surface area contributed by atoms with Crippen molar-refractivity contribution in [3.05, 3.63) is 63.4 Å². The average molecular weight is 554 g/mol. The Morgan fingerprint density at radius 2 is 1.97 bits per heavy atom. The number of fused-ring (bicyclic) bond motifs is 2. The van der Waals surface area contributed by atoms with Crippen LogP contribution in [0.15, 0.2) is 52.2 Å². The molecule has 38 heavy (non-hydrogen) atoms. The summed E-state index contributed by atoms with van der Waals surface area (Å²) in [5.41, 5.74) is -2.80. The number of ether oxygens (including phenoxy) is 3. The number of H-pyrrole nitrogens is 1. The van der Waals surface area contributed by atoms with Gasteiger partial charge in [-0.15, -0.1) is 0 Å². The molecule has 4 rings (SSSR count). The van der Waals surface area contributed by atoms with Gasteiger partial charge < -0.3 is 23.8 Å². The molecule has 2 aliphatic rings. The molecule has 0 spiro atoms. The number of carbonyl (C=O) groups is 1. The Hall–Kier alpha value is -2.80. The zero-order valence-electron chi connectivity index (χ0n) is 21.4. The predicted molar refractivity (Wildman–Crippen MR) is 134 cm³/mol. The number of rotatable bonds is 10. The summed E-state index contributed by atoms with van der Waals surface area (Å²) in [6.45, 7) is 6.01. The molecule has 3 N–H and O–H groups in total. The molecule has 2 bridgehead atoms. The number of hydrogen-bond donors (Lipinski definition) is 3. The molecule has 3 heterocycles. The highest BCUT2D eigenvalue weighted by Gasteiger charge is 2.63. The topological polar surface area (TPSA) is 167 Å². The van der Waals surface area contributed by atoms with E-state index >= 15 is 0 Å². The van der Waals surface area contributed by atoms with E-state index in [9.17, 15) is 24.1 Å². The molecule has 0 radical (unpaired) electrons. The van der Waals surface area contributed by atoms with Crippen molar-refractivity contribution in [1.29, 1.82) is 0 Å². The fraction of sp³-hybridized carbons (Fsp3) is 0.542. The Bertz CT molecular complexity index is 1300. The zero-order valence-corrected chi connectivity index (χ0v) is 22.3. The molecule has 0 aliphatic carbocycles. The molecule has 208 valence electrons. The summed E-state index contributed by atoms with van der Waals surface area (Å²) in [4.78, 5) is 38.8. The van der Waals surface area contributed by atoms with Crippen LogP contribution in [0, 0.1) is 0 Å². The normalized spacial score (nSPS) is 29.0. The van der Waals surface area contributed by atoms with E-state index in [1.165, 1.54) is 13.1 Å². The smallest absolute Gasteiger partial charge is 0.459 e. The summed E-state index contributed by atoms with van der Waals surface area (Å²) in [5, 5.41) is 13.1. The van der Waals surface area contributed by atoms with Gasteiger partial charge in [-0.25, -0.2) is 9.36 Å². The number of benzene rings is 1. The Kier molecular flexibility index (Phi) is 8.26. The number of aliphatic hydroxyl groups excluding tert-OH is 1. The second kappa shape index (κ2) is 11.1. The number of nitrogens with one attached hydrogen (secondary N) is 2. The Labute approximate surface area is 218 Å². The highest BCUT2D eigenvalue weighted by atomic mass is 31.2. The summed E-state index contributed by atoms with van der Waals surface area (Å²) >= 11 is 0. The van der Waals surface area contributed by atoms with E-state index in [4.69, 9.17) is 23.3 Å². The first-order chi connectivity index (χ1) is 17.9. The van der Waals surface area contributed by atoms with Crippen LogP contribution in [0.5, 0.6) is 5.75 Å². The van der Waals surface area contributed by atoms with Gasteiger partial charge in [-0.1, -0.05) is 18.2 Å². The lowest BCUT2D eigenvalue weighted by Crippen LogP contribution is -2.55. The van der Waals surface area contributed by atoms with Crippen LogP contribution in [0.1, 0.15) is 40.3 Å². The lowest BCUT2D eigenvalue weighted by molar-refractivity contribution is -0.155. The van der Waals surface area contributed by atoms with Gasteiger partial charge in [0.2, 0.25) is 0 Å². The third-order valence-corrected chi connectivity index (χ3v) is 7.81. The number of aliphatic hydroxyl groups is 1. The van der Waals surface area contributed by atoms with Crippen molar-refractivity contribution in [3.8, 4) is 5.75 Å². The molecule has 14 heteroatoms. The fourth-order valence-corrected chi connectivity index (χ4v) is 6.34. The van der Waals surface area contributed by atoms with Gasteiger partial charge in [-0.3, -0.25) is 23.7 Å². The molecule has 0 amide bonds. The van der Waals surface area contributed by atoms with Gasteiger partial charge in [-0.05, 0) is 39.8 Å². The highest BCUT2D eigenvalue weighted by Crippen LogP contribution is 2.55. The van der Waals surface area contributed by atoms with Crippen LogP contribution in [0.2, 0.25) is 0 Å². The first-order valence-electron chi connectivity index (χ1n) is 12.2. The zero-order chi connectivity index (χ0) is 27.7. The molecule has 0 saturated carbocycles. The van der Waals surface area contributed by atoms with Crippen molar-refractivity contribution in [2.45, 2.75) is 76.4 Å². The molecule has 2 aromatic rings. The highest BCUT2D eigenvalue weighted by molar-refractivity contribution is 7.52. The third kappa shape index (κ3) is 5.93. The van der Waals surface area contributed by atoms with Gasteiger partial charge in [0.15, 0.2) is 6.23 Å². The summed E-state index contributed by atoms with van der Waals surface area (Å²) in [7, 11) is -4.38. The van der Waals surface area contributed by atoms with Gasteiger partial charge in [0, 0.05) is 18.7 Å². The quantitative estimate of drug-likeness (QED) is 0.288. The van der Waals surface area contributed by atoms with Crippen molar-refractivity contribution in [2.24, 2.45) is 0 Å². The van der Waals surface area contributed by atoms with Crippen LogP contribution in [0.3, 0.4) is 0 Å². The third-order valence-electron chi connectivity index (χ3n) is 6.15. The van der Waals surface area contributed by atoms with Crippen molar-refractivity contribution >= 4 is 13.7 Å². The molecule has 2 aliphatic heterocycles. The van der Waals surface area contributed by atoms with E-state index in [2.05, 4.69) is 10.1 Å². The predicted octanol–water partition coefficient (Wildman–Crippen LogP) is 1.48. The van der Waals surface area contributed by atoms with E-state index in [-0.39, 0.29) is 12.2 Å². The van der Waals surface area contributed by atoms with Gasteiger partial charge in [0.05, 0.1) is 18.8 Å². The minimum atomic E-state index is -4.38. The molecule has 1 aromatic heterocycles. The summed E-state index contributed by atoms with van der Waals surface area (Å²) < 4.78 is 44.6. The van der Waals surface area contributed by atoms with E-state index < -0.39 is 73.9 Å². The number of hydrogen-bond acceptors (Lipinski definition) is 10. The number of nitrogens with zero attached hydrogens (tertiary/aromatic N) is 1. The lowest BCUT2D eigenvalue weighted by atomic mass is 9.87. The minimum absolute atomic E-state index is 0.134. The van der Waals surface area contributed by atoms with Crippen molar-refractivity contribution in [1.82, 2.24) is 14.6 Å². The number of aromatic nitrogens is 2. The first-order valence-corrected chi connectivity index (χ1v) is 13.8. The van der Waals surface area contributed by atoms with Crippen LogP contribution in [0.4, 0.5) is 0 Å². The van der Waals surface area contributed by atoms with Gasteiger partial charge in [0.1, 0.15) is 29.6 Å². The molecule has 2 saturated heterocycles. The number of carbonyl (C=O) groups excluding carboxylic acids is 1. The van der Waals surface area contributed by atoms with Crippen LogP contribution in [-0.2, 0) is 28.1 Å². The van der Waals surface area contributed by atoms with Crippen LogP contribution < -0.4 is 20.9 Å². The maximum absolute atomic E-state index is 14.2. The number of esters is 1. The van der Waals surface area contributed by atoms with Crippen molar-refractivity contribution < 1.29 is 37.7 Å². The summed E-state index contributed by atoms with van der Waals surface area (Å²) in [5.74, 6) is -0.486. The minimum Gasteiger partial charge on any atom is -0.462 e. The SMILES string of the molecule is CC(C)OC(=O)[C@H](C)N[P@@](=O)(Oc1ccccc1)O[C@H]1[C@H]2O[C@H](C)C[C@]1(CO)O[C@H]2n1ccc(=O)[nH]c1=O. The second-order valence-corrected chi connectivity index (χ2v) is 11.3. The van der Waals surface area contributed by atoms with Crippen LogP contribution >= 0.6 is 7.75 Å². The van der Waals surface area contributed by atoms with Gasteiger partial charge in [0.25, 0.3) is 5.56 Å². The number of aromatic amines is 1. The molecule has 7 atom stereocenters. The standard InChI is InChI=1S/C24H32N3O10P/c1-14(2)33-22(30)16(4)26-38(32,36-17-8-6-5-7-9-17)37-20-19-21(27-11-10-18(29)25-23(27)31)35-24(20,13-28)12-15(3)34-19/h5-11,14-16,19-21,28H,12-13H2,1-4H3,(H,26,32)(H,25,29,31)/t15-,16+,19-,20+,21-,24-,38-/m1/s1. The lowest BCUT2D eigenvalue weighted by Gasteiger charge is -2.41. The Morgan fingerprint density at radius 3 is 2.61 bits per heavy atom. The van der Waals surface area contributed by atoms with E-state index in [1.807, 2.05) is 0 Å². The molecule has 13 nitrogen and oxygen atoms in total. The Morgan fingerprint density at radius 1 is 1.26 bits per heavy atom. The number of para-hydroxylation sites is 1. The first kappa shape index (κ1) is 28.2. The van der Waals surface area contributed by atoms with Crippen LogP contribution in [0.25, 0.3) is 0 Å². The van der Waals surface area contributed by atoms with E-state index in [1.54, 1.807) is 51.1 Å². The van der Waals surface area contributed by atoms with Gasteiger partial charge >= 0.3 is 19.4 Å². The molecule has 0 unspecified atom stereocenters. The van der Waals surface area contributed by atoms with Crippen molar-refractivity contribution in [2.75, 3.05) is 6.61 Å². The van der Waals surface area contributed by atoms with Crippen molar-refractivity contribution in [3.63, 3.8) is 0 Å². The van der Waals surface area contributed by atoms with E-state index in [0.717, 1.165) is 10.6 Å². The Balaban J connectivity index is 1.70. The van der Waals surface area contributed by atoms with E-state index in [0.29, 0.717) is 0 Å². The largest absolute Gasteiger partial charge is 0.462 e. The van der Waals surface area contributed by atoms with Crippen LogP contribution in [-0.4, -0.2) is 63.3 Å². The fourth-order valence-electron chi connectivity index (χ4n) is 4.59. The molecular formula is C24H32N3O10P. The molecular weight excluding hydrogens is 521 g/mol. The maximum Gasteiger partial charge on any atom is 0.459 e. The summed E-state index contributed by atoms with van der Waals surface area (Å²) in [6.07, 6.45) is -2.83. The maximum atomic E-state index is 14.2.